The molecule has 0 saturated carbocycles. The van der Waals surface area contributed by atoms with Crippen molar-refractivity contribution in [3.63, 3.8) is 0 Å². The molecule has 2 aromatic heterocycles. The zero-order valence-electron chi connectivity index (χ0n) is 14.5. The Morgan fingerprint density at radius 3 is 2.92 bits per heavy atom. The lowest BCUT2D eigenvalue weighted by molar-refractivity contribution is 0.0742. The lowest BCUT2D eigenvalue weighted by Crippen LogP contribution is -2.40. The predicted octanol–water partition coefficient (Wildman–Crippen LogP) is 3.22. The van der Waals surface area contributed by atoms with Crippen LogP contribution in [0.5, 0.6) is 0 Å². The molecule has 3 heterocycles. The SMILES string of the molecule is CNCC1CCCN1C(=O)c1cc2c(C)nn(-c3ccccc3)c2s1. The van der Waals surface area contributed by atoms with Crippen molar-refractivity contribution in [3.05, 3.63) is 47.0 Å². The van der Waals surface area contributed by atoms with Crippen molar-refractivity contribution >= 4 is 27.5 Å². The van der Waals surface area contributed by atoms with Crippen molar-refractivity contribution in [1.82, 2.24) is 20.0 Å². The van der Waals surface area contributed by atoms with Gasteiger partial charge >= 0.3 is 0 Å². The topological polar surface area (TPSA) is 50.2 Å². The van der Waals surface area contributed by atoms with E-state index in [-0.39, 0.29) is 5.91 Å². The van der Waals surface area contributed by atoms with E-state index in [4.69, 9.17) is 0 Å². The normalized spacial score (nSPS) is 17.5. The highest BCUT2D eigenvalue weighted by molar-refractivity contribution is 7.20. The van der Waals surface area contributed by atoms with E-state index in [2.05, 4.69) is 10.4 Å². The number of aryl methyl sites for hydroxylation is 1. The van der Waals surface area contributed by atoms with Crippen LogP contribution in [0.3, 0.4) is 0 Å². The summed E-state index contributed by atoms with van der Waals surface area (Å²) in [5.74, 6) is 0.151. The maximum absolute atomic E-state index is 13.0. The number of rotatable bonds is 4. The molecule has 1 atom stereocenters. The number of fused-ring (bicyclic) bond motifs is 1. The molecule has 1 unspecified atom stereocenters. The third kappa shape index (κ3) is 2.85. The molecule has 4 rings (SSSR count). The summed E-state index contributed by atoms with van der Waals surface area (Å²) < 4.78 is 1.95. The van der Waals surface area contributed by atoms with Gasteiger partial charge in [0.15, 0.2) is 0 Å². The van der Waals surface area contributed by atoms with Crippen LogP contribution in [-0.4, -0.2) is 46.8 Å². The fourth-order valence-corrected chi connectivity index (χ4v) is 4.73. The second kappa shape index (κ2) is 6.61. The monoisotopic (exact) mass is 354 g/mol. The van der Waals surface area contributed by atoms with Gasteiger partial charge in [0.1, 0.15) is 4.83 Å². The molecular formula is C19H22N4OS. The number of benzene rings is 1. The summed E-state index contributed by atoms with van der Waals surface area (Å²) >= 11 is 1.54. The molecular weight excluding hydrogens is 332 g/mol. The smallest absolute Gasteiger partial charge is 0.264 e. The fourth-order valence-electron chi connectivity index (χ4n) is 3.59. The number of hydrogen-bond acceptors (Lipinski definition) is 4. The van der Waals surface area contributed by atoms with Crippen LogP contribution in [0.2, 0.25) is 0 Å². The highest BCUT2D eigenvalue weighted by Crippen LogP contribution is 2.32. The van der Waals surface area contributed by atoms with Gasteiger partial charge in [-0.25, -0.2) is 4.68 Å². The van der Waals surface area contributed by atoms with Crippen LogP contribution in [0.4, 0.5) is 0 Å². The van der Waals surface area contributed by atoms with Gasteiger partial charge in [-0.1, -0.05) is 18.2 Å². The number of thiophene rings is 1. The van der Waals surface area contributed by atoms with Crippen LogP contribution >= 0.6 is 11.3 Å². The first-order valence-corrected chi connectivity index (χ1v) is 9.51. The van der Waals surface area contributed by atoms with Crippen LogP contribution in [0.15, 0.2) is 36.4 Å². The predicted molar refractivity (Wildman–Crippen MR) is 102 cm³/mol. The van der Waals surface area contributed by atoms with Crippen molar-refractivity contribution in [2.24, 2.45) is 0 Å². The van der Waals surface area contributed by atoms with Crippen molar-refractivity contribution in [2.75, 3.05) is 20.1 Å². The molecule has 0 radical (unpaired) electrons. The minimum absolute atomic E-state index is 0.151. The van der Waals surface area contributed by atoms with Crippen molar-refractivity contribution in [1.29, 1.82) is 0 Å². The van der Waals surface area contributed by atoms with Gasteiger partial charge in [0.05, 0.1) is 16.3 Å². The number of carbonyl (C=O) groups is 1. The van der Waals surface area contributed by atoms with Gasteiger partial charge in [-0.05, 0) is 45.0 Å². The molecule has 1 fully saturated rings. The molecule has 5 nitrogen and oxygen atoms in total. The molecule has 1 N–H and O–H groups in total. The summed E-state index contributed by atoms with van der Waals surface area (Å²) in [6.07, 6.45) is 2.16. The number of amides is 1. The summed E-state index contributed by atoms with van der Waals surface area (Å²) in [4.78, 5) is 16.9. The Bertz CT molecular complexity index is 899. The first kappa shape index (κ1) is 16.3. The number of carbonyl (C=O) groups excluding carboxylic acids is 1. The fraction of sp³-hybridized carbons (Fsp3) is 0.368. The summed E-state index contributed by atoms with van der Waals surface area (Å²) in [7, 11) is 1.94. The minimum atomic E-state index is 0.151. The van der Waals surface area contributed by atoms with E-state index >= 15 is 0 Å². The van der Waals surface area contributed by atoms with Gasteiger partial charge in [-0.2, -0.15) is 5.10 Å². The number of likely N-dealkylation sites (tertiary alicyclic amines) is 1. The molecule has 6 heteroatoms. The third-order valence-corrected chi connectivity index (χ3v) is 5.93. The van der Waals surface area contributed by atoms with E-state index < -0.39 is 0 Å². The van der Waals surface area contributed by atoms with Crippen molar-refractivity contribution < 1.29 is 4.79 Å². The van der Waals surface area contributed by atoms with Crippen molar-refractivity contribution in [3.8, 4) is 5.69 Å². The molecule has 1 aromatic carbocycles. The van der Waals surface area contributed by atoms with E-state index in [9.17, 15) is 4.79 Å². The summed E-state index contributed by atoms with van der Waals surface area (Å²) in [5, 5.41) is 8.93. The average Bonchev–Trinajstić information content (AvgIpc) is 3.32. The number of nitrogens with one attached hydrogen (secondary N) is 1. The van der Waals surface area contributed by atoms with Crippen LogP contribution in [-0.2, 0) is 0 Å². The number of likely N-dealkylation sites (N-methyl/N-ethyl adjacent to an activating group) is 1. The standard InChI is InChI=1S/C19H22N4OS/c1-13-16-11-17(18(24)22-10-6-9-15(22)12-20-2)25-19(16)23(21-13)14-7-4-3-5-8-14/h3-5,7-8,11,15,20H,6,9-10,12H2,1-2H3. The molecule has 3 aromatic rings. The number of para-hydroxylation sites is 1. The van der Waals surface area contributed by atoms with Gasteiger partial charge in [0, 0.05) is 24.5 Å². The maximum atomic E-state index is 13.0. The molecule has 0 bridgehead atoms. The Labute approximate surface area is 151 Å². The van der Waals surface area contributed by atoms with Gasteiger partial charge in [-0.3, -0.25) is 4.79 Å². The second-order valence-corrected chi connectivity index (χ2v) is 7.55. The molecule has 1 aliphatic rings. The molecule has 0 spiro atoms. The second-order valence-electron chi connectivity index (χ2n) is 6.51. The Hall–Kier alpha value is -2.18. The molecule has 1 saturated heterocycles. The largest absolute Gasteiger partial charge is 0.334 e. The summed E-state index contributed by atoms with van der Waals surface area (Å²) in [6, 6.07) is 12.4. The molecule has 130 valence electrons. The Morgan fingerprint density at radius 1 is 1.36 bits per heavy atom. The molecule has 25 heavy (non-hydrogen) atoms. The van der Waals surface area contributed by atoms with E-state index in [1.165, 1.54) is 0 Å². The zero-order valence-corrected chi connectivity index (χ0v) is 15.3. The quantitative estimate of drug-likeness (QED) is 0.783. The average molecular weight is 354 g/mol. The third-order valence-electron chi connectivity index (χ3n) is 4.83. The van der Waals surface area contributed by atoms with Gasteiger partial charge < -0.3 is 10.2 Å². The molecule has 1 aliphatic heterocycles. The van der Waals surface area contributed by atoms with Crippen LogP contribution < -0.4 is 5.32 Å². The maximum Gasteiger partial charge on any atom is 0.264 e. The van der Waals surface area contributed by atoms with Crippen LogP contribution in [0.25, 0.3) is 15.9 Å². The van der Waals surface area contributed by atoms with E-state index in [1.807, 2.05) is 60.0 Å². The highest BCUT2D eigenvalue weighted by atomic mass is 32.1. The van der Waals surface area contributed by atoms with Crippen LogP contribution in [0, 0.1) is 6.92 Å². The number of hydrogen-bond donors (Lipinski definition) is 1. The van der Waals surface area contributed by atoms with E-state index in [0.717, 1.165) is 52.4 Å². The Kier molecular flexibility index (Phi) is 4.31. The van der Waals surface area contributed by atoms with E-state index in [0.29, 0.717) is 6.04 Å². The van der Waals surface area contributed by atoms with Crippen molar-refractivity contribution in [2.45, 2.75) is 25.8 Å². The lowest BCUT2D eigenvalue weighted by Gasteiger charge is -2.23. The van der Waals surface area contributed by atoms with Gasteiger partial charge in [0.2, 0.25) is 0 Å². The first-order valence-electron chi connectivity index (χ1n) is 8.69. The van der Waals surface area contributed by atoms with Gasteiger partial charge in [0.25, 0.3) is 5.91 Å². The Balaban J connectivity index is 1.71. The Morgan fingerprint density at radius 2 is 2.16 bits per heavy atom. The lowest BCUT2D eigenvalue weighted by atomic mass is 10.2. The van der Waals surface area contributed by atoms with Gasteiger partial charge in [-0.15, -0.1) is 11.3 Å². The molecule has 0 aliphatic carbocycles. The summed E-state index contributed by atoms with van der Waals surface area (Å²) in [6.45, 7) is 3.71. The first-order chi connectivity index (χ1) is 12.2. The minimum Gasteiger partial charge on any atom is -0.334 e. The van der Waals surface area contributed by atoms with E-state index in [1.54, 1.807) is 11.3 Å². The summed E-state index contributed by atoms with van der Waals surface area (Å²) in [5.41, 5.74) is 1.98. The molecule has 1 amide bonds. The number of aromatic nitrogens is 2. The van der Waals surface area contributed by atoms with Crippen LogP contribution in [0.1, 0.15) is 28.2 Å². The number of nitrogens with zero attached hydrogens (tertiary/aromatic N) is 3. The highest BCUT2D eigenvalue weighted by Gasteiger charge is 2.30. The zero-order chi connectivity index (χ0) is 17.4.